The number of fused-ring (bicyclic) bond motifs is 3. The number of hydrogen-bond donors (Lipinski definition) is 0. The van der Waals surface area contributed by atoms with Crippen LogP contribution in [0.15, 0.2) is 36.4 Å². The molecule has 2 aromatic carbocycles. The molecule has 6 rings (SSSR count). The average Bonchev–Trinajstić information content (AvgIpc) is 3.49. The molecule has 0 unspecified atom stereocenters. The SMILES string of the molecule is CCOC(=O)c1c(CCCOc2cccc3c2CCCC3)c2cccc3c2n1CCCCOCc1c-3c(CC)nn1C. The highest BCUT2D eigenvalue weighted by molar-refractivity contribution is 6.05. The van der Waals surface area contributed by atoms with Crippen LogP contribution < -0.4 is 4.74 Å². The van der Waals surface area contributed by atoms with Crippen LogP contribution in [0.4, 0.5) is 0 Å². The predicted octanol–water partition coefficient (Wildman–Crippen LogP) is 6.98. The molecule has 0 spiro atoms. The van der Waals surface area contributed by atoms with Crippen LogP contribution >= 0.6 is 0 Å². The lowest BCUT2D eigenvalue weighted by molar-refractivity contribution is 0.0512. The number of benzene rings is 2. The Morgan fingerprint density at radius 2 is 1.90 bits per heavy atom. The van der Waals surface area contributed by atoms with Gasteiger partial charge in [0.25, 0.3) is 0 Å². The number of hydrogen-bond acceptors (Lipinski definition) is 5. The van der Waals surface area contributed by atoms with E-state index in [1.54, 1.807) is 0 Å². The maximum Gasteiger partial charge on any atom is 0.355 e. The molecule has 0 atom stereocenters. The van der Waals surface area contributed by atoms with Crippen molar-refractivity contribution in [2.45, 2.75) is 84.8 Å². The van der Waals surface area contributed by atoms with Crippen molar-refractivity contribution in [3.63, 3.8) is 0 Å². The Balaban J connectivity index is 1.41. The highest BCUT2D eigenvalue weighted by atomic mass is 16.5. The largest absolute Gasteiger partial charge is 0.493 e. The number of rotatable bonds is 8. The van der Waals surface area contributed by atoms with Crippen LogP contribution in [0, 0.1) is 0 Å². The number of esters is 1. The number of nitrogens with zero attached hydrogens (tertiary/aromatic N) is 3. The number of carbonyl (C=O) groups is 1. The number of aryl methyl sites for hydroxylation is 5. The summed E-state index contributed by atoms with van der Waals surface area (Å²) in [5.41, 5.74) is 10.0. The van der Waals surface area contributed by atoms with Gasteiger partial charge in [-0.25, -0.2) is 4.79 Å². The van der Waals surface area contributed by atoms with E-state index in [0.717, 1.165) is 96.2 Å². The minimum Gasteiger partial charge on any atom is -0.493 e. The van der Waals surface area contributed by atoms with Crippen molar-refractivity contribution in [2.75, 3.05) is 19.8 Å². The zero-order valence-electron chi connectivity index (χ0n) is 25.3. The second-order valence-corrected chi connectivity index (χ2v) is 11.5. The highest BCUT2D eigenvalue weighted by Crippen LogP contribution is 2.39. The van der Waals surface area contributed by atoms with Crippen LogP contribution in [-0.2, 0) is 55.4 Å². The van der Waals surface area contributed by atoms with E-state index in [1.165, 1.54) is 24.0 Å². The van der Waals surface area contributed by atoms with Crippen molar-refractivity contribution in [3.8, 4) is 16.9 Å². The fourth-order valence-corrected chi connectivity index (χ4v) is 6.89. The lowest BCUT2D eigenvalue weighted by Gasteiger charge is -2.19. The monoisotopic (exact) mass is 569 g/mol. The molecule has 1 aliphatic heterocycles. The van der Waals surface area contributed by atoms with Crippen LogP contribution in [0.5, 0.6) is 5.75 Å². The maximum atomic E-state index is 13.6. The van der Waals surface area contributed by atoms with Crippen molar-refractivity contribution in [2.24, 2.45) is 7.05 Å². The standard InChI is InChI=1S/C35H43N3O4/c1-4-29-32-28-17-11-16-26-27(18-12-22-42-31-19-10-14-24-13-6-7-15-25(24)31)34(35(39)41-5-2)38(33(26)28)20-8-9-21-40-23-30(32)37(3)36-29/h10-11,14,16-17,19H,4-9,12-13,15,18,20-23H2,1-3H3. The first-order chi connectivity index (χ1) is 20.6. The molecule has 3 heterocycles. The Morgan fingerprint density at radius 3 is 2.76 bits per heavy atom. The smallest absolute Gasteiger partial charge is 0.355 e. The van der Waals surface area contributed by atoms with Gasteiger partial charge >= 0.3 is 5.97 Å². The lowest BCUT2D eigenvalue weighted by Crippen LogP contribution is -2.15. The maximum absolute atomic E-state index is 13.6. The van der Waals surface area contributed by atoms with Gasteiger partial charge in [-0.2, -0.15) is 5.10 Å². The van der Waals surface area contributed by atoms with E-state index in [2.05, 4.69) is 47.9 Å². The Labute approximate surface area is 248 Å². The fourth-order valence-electron chi connectivity index (χ4n) is 6.89. The zero-order chi connectivity index (χ0) is 29.1. The van der Waals surface area contributed by atoms with Gasteiger partial charge in [0, 0.05) is 36.7 Å². The van der Waals surface area contributed by atoms with Crippen LogP contribution in [0.3, 0.4) is 0 Å². The van der Waals surface area contributed by atoms with Crippen molar-refractivity contribution in [1.29, 1.82) is 0 Å². The average molecular weight is 570 g/mol. The van der Waals surface area contributed by atoms with Gasteiger partial charge in [0.1, 0.15) is 11.4 Å². The molecule has 7 nitrogen and oxygen atoms in total. The second-order valence-electron chi connectivity index (χ2n) is 11.5. The third-order valence-corrected chi connectivity index (χ3v) is 8.84. The summed E-state index contributed by atoms with van der Waals surface area (Å²) in [7, 11) is 2.00. The Hall–Kier alpha value is -3.58. The molecule has 0 radical (unpaired) electrons. The lowest BCUT2D eigenvalue weighted by atomic mass is 9.91. The predicted molar refractivity (Wildman–Crippen MR) is 165 cm³/mol. The zero-order valence-corrected chi connectivity index (χ0v) is 25.3. The minimum atomic E-state index is -0.249. The van der Waals surface area contributed by atoms with Crippen LogP contribution in [0.25, 0.3) is 22.0 Å². The Bertz CT molecular complexity index is 1580. The first kappa shape index (κ1) is 28.5. The molecule has 0 N–H and O–H groups in total. The summed E-state index contributed by atoms with van der Waals surface area (Å²) in [5, 5.41) is 5.99. The second kappa shape index (κ2) is 12.7. The molecule has 0 amide bonds. The molecule has 2 aromatic heterocycles. The van der Waals surface area contributed by atoms with Gasteiger partial charge in [0.2, 0.25) is 0 Å². The van der Waals surface area contributed by atoms with Gasteiger partial charge in [-0.05, 0) is 87.5 Å². The molecule has 0 saturated heterocycles. The van der Waals surface area contributed by atoms with Gasteiger partial charge in [0.15, 0.2) is 0 Å². The molecule has 4 aromatic rings. The summed E-state index contributed by atoms with van der Waals surface area (Å²) < 4.78 is 22.4. The summed E-state index contributed by atoms with van der Waals surface area (Å²) in [6.07, 6.45) is 8.92. The van der Waals surface area contributed by atoms with Crippen LogP contribution in [0.2, 0.25) is 0 Å². The van der Waals surface area contributed by atoms with E-state index in [-0.39, 0.29) is 5.97 Å². The highest BCUT2D eigenvalue weighted by Gasteiger charge is 2.28. The molecular weight excluding hydrogens is 526 g/mol. The summed E-state index contributed by atoms with van der Waals surface area (Å²) in [6.45, 7) is 6.90. The summed E-state index contributed by atoms with van der Waals surface area (Å²) >= 11 is 0. The van der Waals surface area contributed by atoms with Crippen molar-refractivity contribution in [1.82, 2.24) is 14.3 Å². The molecule has 0 saturated carbocycles. The normalized spacial score (nSPS) is 15.1. The summed E-state index contributed by atoms with van der Waals surface area (Å²) in [4.78, 5) is 13.6. The van der Waals surface area contributed by atoms with Gasteiger partial charge < -0.3 is 18.8 Å². The molecule has 0 bridgehead atoms. The van der Waals surface area contributed by atoms with Gasteiger partial charge in [-0.3, -0.25) is 4.68 Å². The Kier molecular flexibility index (Phi) is 8.66. The van der Waals surface area contributed by atoms with E-state index in [9.17, 15) is 4.79 Å². The van der Waals surface area contributed by atoms with Gasteiger partial charge in [-0.1, -0.05) is 37.3 Å². The number of carbonyl (C=O) groups excluding carboxylic acids is 1. The molecule has 1 aliphatic carbocycles. The van der Waals surface area contributed by atoms with Crippen LogP contribution in [0.1, 0.15) is 84.5 Å². The molecule has 0 fully saturated rings. The first-order valence-corrected chi connectivity index (χ1v) is 15.8. The third-order valence-electron chi connectivity index (χ3n) is 8.84. The van der Waals surface area contributed by atoms with E-state index in [1.807, 2.05) is 18.7 Å². The van der Waals surface area contributed by atoms with Crippen molar-refractivity contribution >= 4 is 16.9 Å². The molecule has 2 aliphatic rings. The first-order valence-electron chi connectivity index (χ1n) is 15.8. The van der Waals surface area contributed by atoms with E-state index < -0.39 is 0 Å². The summed E-state index contributed by atoms with van der Waals surface area (Å²) in [6, 6.07) is 12.9. The van der Waals surface area contributed by atoms with E-state index >= 15 is 0 Å². The number of para-hydroxylation sites is 1. The van der Waals surface area contributed by atoms with Crippen molar-refractivity contribution in [3.05, 3.63) is 70.2 Å². The number of ether oxygens (including phenoxy) is 3. The van der Waals surface area contributed by atoms with Gasteiger partial charge in [0.05, 0.1) is 36.7 Å². The fraction of sp³-hybridized carbons (Fsp3) is 0.486. The molecule has 7 heteroatoms. The Morgan fingerprint density at radius 1 is 1.05 bits per heavy atom. The minimum absolute atomic E-state index is 0.249. The quantitative estimate of drug-likeness (QED) is 0.169. The third kappa shape index (κ3) is 5.35. The topological polar surface area (TPSA) is 67.5 Å². The van der Waals surface area contributed by atoms with Gasteiger partial charge in [-0.15, -0.1) is 0 Å². The molecule has 222 valence electrons. The molecule has 42 heavy (non-hydrogen) atoms. The van der Waals surface area contributed by atoms with E-state index in [4.69, 9.17) is 19.3 Å². The molecular formula is C35H43N3O4. The summed E-state index contributed by atoms with van der Waals surface area (Å²) in [5.74, 6) is 0.774. The van der Waals surface area contributed by atoms with Crippen molar-refractivity contribution < 1.29 is 19.0 Å². The number of aromatic nitrogens is 3. The van der Waals surface area contributed by atoms with Crippen LogP contribution in [-0.4, -0.2) is 40.1 Å². The van der Waals surface area contributed by atoms with E-state index in [0.29, 0.717) is 32.1 Å².